The third-order valence-electron chi connectivity index (χ3n) is 4.69. The zero-order valence-electron chi connectivity index (χ0n) is 19.0. The van der Waals surface area contributed by atoms with Crippen LogP contribution in [0.5, 0.6) is 0 Å². The van der Waals surface area contributed by atoms with Crippen molar-refractivity contribution in [2.24, 2.45) is 5.92 Å². The third-order valence-corrected chi connectivity index (χ3v) is 6.19. The lowest BCUT2D eigenvalue weighted by Gasteiger charge is -2.23. The molecule has 0 saturated heterocycles. The fraction of sp³-hybridized carbons (Fsp3) is 0.476. The Morgan fingerprint density at radius 3 is 2.36 bits per heavy atom. The maximum Gasteiger partial charge on any atom is 0.407 e. The number of thiazole rings is 1. The van der Waals surface area contributed by atoms with E-state index in [4.69, 9.17) is 4.55 Å². The molecule has 1 aromatic heterocycles. The summed E-state index contributed by atoms with van der Waals surface area (Å²) in [7, 11) is -3.12. The number of aromatic nitrogens is 1. The maximum atomic E-state index is 13.1. The molecule has 0 aliphatic carbocycles. The molecular formula is C21H30N4O6S2. The molecule has 4 N–H and O–H groups in total. The molecule has 1 aromatic carbocycles. The van der Waals surface area contributed by atoms with Crippen LogP contribution < -0.4 is 15.4 Å². The van der Waals surface area contributed by atoms with Gasteiger partial charge in [0.15, 0.2) is 0 Å². The number of nitrogens with zero attached hydrogens (tertiary/aromatic N) is 1. The molecule has 0 radical (unpaired) electrons. The number of nitrogens with one attached hydrogen (secondary N) is 3. The summed E-state index contributed by atoms with van der Waals surface area (Å²) in [6.45, 7) is 5.90. The Morgan fingerprint density at radius 1 is 1.18 bits per heavy atom. The first kappa shape index (κ1) is 26.6. The molecule has 2 amide bonds. The predicted molar refractivity (Wildman–Crippen MR) is 126 cm³/mol. The fourth-order valence-electron chi connectivity index (χ4n) is 3.12. The number of amides is 2. The highest BCUT2D eigenvalue weighted by atomic mass is 32.2. The summed E-state index contributed by atoms with van der Waals surface area (Å²) in [5.74, 6) is -0.192. The number of ether oxygens (including phenoxy) is 1. The van der Waals surface area contributed by atoms with Gasteiger partial charge in [-0.1, -0.05) is 32.9 Å². The normalized spacial score (nSPS) is 13.3. The number of methoxy groups -OCH3 is 1. The fourth-order valence-corrected chi connectivity index (χ4v) is 4.50. The van der Waals surface area contributed by atoms with E-state index in [2.05, 4.69) is 20.4 Å². The Hall–Kier alpha value is -2.70. The molecule has 0 bridgehead atoms. The van der Waals surface area contributed by atoms with Crippen LogP contribution in [0.2, 0.25) is 0 Å². The summed E-state index contributed by atoms with van der Waals surface area (Å²) in [5.41, 5.74) is 1.94. The van der Waals surface area contributed by atoms with E-state index in [0.717, 1.165) is 22.7 Å². The van der Waals surface area contributed by atoms with E-state index in [1.54, 1.807) is 12.1 Å². The van der Waals surface area contributed by atoms with E-state index in [1.165, 1.54) is 30.6 Å². The minimum atomic E-state index is -4.36. The number of carbonyl (C=O) groups is 2. The summed E-state index contributed by atoms with van der Waals surface area (Å²) >= 11 is 1.44. The lowest BCUT2D eigenvalue weighted by atomic mass is 10.0. The smallest absolute Gasteiger partial charge is 0.407 e. The topological polar surface area (TPSA) is 147 Å². The average molecular weight is 499 g/mol. The van der Waals surface area contributed by atoms with Crippen LogP contribution in [0.25, 0.3) is 0 Å². The first-order valence-electron chi connectivity index (χ1n) is 10.4. The number of aryl methyl sites for hydroxylation is 1. The summed E-state index contributed by atoms with van der Waals surface area (Å²) in [4.78, 5) is 29.4. The van der Waals surface area contributed by atoms with E-state index < -0.39 is 28.5 Å². The van der Waals surface area contributed by atoms with Crippen molar-refractivity contribution in [1.29, 1.82) is 0 Å². The van der Waals surface area contributed by atoms with Crippen LogP contribution in [0.3, 0.4) is 0 Å². The van der Waals surface area contributed by atoms with Gasteiger partial charge in [-0.05, 0) is 42.9 Å². The lowest BCUT2D eigenvalue weighted by molar-refractivity contribution is -0.124. The van der Waals surface area contributed by atoms with Gasteiger partial charge in [-0.3, -0.25) is 14.1 Å². The van der Waals surface area contributed by atoms with Crippen molar-refractivity contribution in [2.75, 3.05) is 11.8 Å². The average Bonchev–Trinajstić information content (AvgIpc) is 3.22. The number of alkyl carbamates (subject to hydrolysis) is 1. The summed E-state index contributed by atoms with van der Waals surface area (Å²) in [6, 6.07) is 5.19. The SMILES string of the molecule is CCc1csc([C@H](Cc2ccc(NS(=O)(=O)O)cc2)NC(=O)C(CC(C)C)NC(=O)OC)n1. The zero-order chi connectivity index (χ0) is 24.6. The van der Waals surface area contributed by atoms with Gasteiger partial charge in [-0.15, -0.1) is 11.3 Å². The number of hydrogen-bond acceptors (Lipinski definition) is 7. The molecule has 182 valence electrons. The van der Waals surface area contributed by atoms with Crippen molar-refractivity contribution in [3.05, 3.63) is 45.9 Å². The van der Waals surface area contributed by atoms with E-state index in [-0.39, 0.29) is 17.5 Å². The Kier molecular flexibility index (Phi) is 9.62. The van der Waals surface area contributed by atoms with Gasteiger partial charge in [0.05, 0.1) is 24.5 Å². The number of hydrogen-bond donors (Lipinski definition) is 4. The van der Waals surface area contributed by atoms with Gasteiger partial charge in [0, 0.05) is 5.38 Å². The van der Waals surface area contributed by atoms with E-state index >= 15 is 0 Å². The number of anilines is 1. The summed E-state index contributed by atoms with van der Waals surface area (Å²) in [5, 5.41) is 8.24. The monoisotopic (exact) mass is 498 g/mol. The third kappa shape index (κ3) is 8.98. The van der Waals surface area contributed by atoms with Gasteiger partial charge >= 0.3 is 16.4 Å². The largest absolute Gasteiger partial charge is 0.453 e. The Bertz CT molecular complexity index is 1040. The van der Waals surface area contributed by atoms with E-state index in [1.807, 2.05) is 30.9 Å². The standard InChI is InChI=1S/C21H30N4O6S2/c1-5-15-12-32-20(22-15)18(11-14-6-8-16(9-7-14)25-33(28,29)30)23-19(26)17(10-13(2)3)24-21(27)31-4/h6-9,12-13,17-18,25H,5,10-11H2,1-4H3,(H,23,26)(H,24,27)(H,28,29,30)/t17?,18-/m0/s1. The second-order valence-electron chi connectivity index (χ2n) is 7.89. The molecule has 12 heteroatoms. The van der Waals surface area contributed by atoms with Crippen LogP contribution in [0.1, 0.15) is 49.5 Å². The van der Waals surface area contributed by atoms with Crippen molar-refractivity contribution in [2.45, 2.75) is 52.1 Å². The van der Waals surface area contributed by atoms with Gasteiger partial charge in [0.1, 0.15) is 11.0 Å². The highest BCUT2D eigenvalue weighted by molar-refractivity contribution is 7.87. The van der Waals surface area contributed by atoms with Crippen LogP contribution in [-0.4, -0.2) is 43.1 Å². The Balaban J connectivity index is 2.24. The molecule has 33 heavy (non-hydrogen) atoms. The molecule has 0 fully saturated rings. The van der Waals surface area contributed by atoms with Crippen molar-refractivity contribution in [3.63, 3.8) is 0 Å². The molecule has 2 aromatic rings. The Labute approximate surface area is 198 Å². The van der Waals surface area contributed by atoms with Crippen LogP contribution in [-0.2, 0) is 32.7 Å². The number of carbonyl (C=O) groups excluding carboxylic acids is 2. The lowest BCUT2D eigenvalue weighted by Crippen LogP contribution is -2.48. The van der Waals surface area contributed by atoms with Crippen LogP contribution in [0.4, 0.5) is 10.5 Å². The van der Waals surface area contributed by atoms with Crippen LogP contribution in [0.15, 0.2) is 29.6 Å². The zero-order valence-corrected chi connectivity index (χ0v) is 20.6. The molecule has 10 nitrogen and oxygen atoms in total. The van der Waals surface area contributed by atoms with Gasteiger partial charge in [0.2, 0.25) is 5.91 Å². The van der Waals surface area contributed by atoms with Crippen LogP contribution >= 0.6 is 11.3 Å². The van der Waals surface area contributed by atoms with Crippen molar-refractivity contribution < 1.29 is 27.3 Å². The van der Waals surface area contributed by atoms with Gasteiger partial charge in [0.25, 0.3) is 0 Å². The summed E-state index contributed by atoms with van der Waals surface area (Å²) in [6.07, 6.45) is 0.896. The van der Waals surface area contributed by atoms with Gasteiger partial charge in [-0.25, -0.2) is 9.78 Å². The first-order valence-corrected chi connectivity index (χ1v) is 12.8. The molecule has 1 heterocycles. The second kappa shape index (κ2) is 12.0. The highest BCUT2D eigenvalue weighted by Gasteiger charge is 2.26. The van der Waals surface area contributed by atoms with Gasteiger partial charge in [-0.2, -0.15) is 8.42 Å². The second-order valence-corrected chi connectivity index (χ2v) is 9.93. The minimum absolute atomic E-state index is 0.158. The number of rotatable bonds is 11. The maximum absolute atomic E-state index is 13.1. The summed E-state index contributed by atoms with van der Waals surface area (Å²) < 4.78 is 37.5. The van der Waals surface area contributed by atoms with E-state index in [9.17, 15) is 18.0 Å². The number of benzene rings is 1. The van der Waals surface area contributed by atoms with Crippen molar-refractivity contribution >= 4 is 39.3 Å². The molecule has 0 aliphatic rings. The quantitative estimate of drug-likeness (QED) is 0.348. The molecule has 2 atom stereocenters. The molecule has 0 aliphatic heterocycles. The first-order chi connectivity index (χ1) is 15.5. The predicted octanol–water partition coefficient (Wildman–Crippen LogP) is 3.09. The highest BCUT2D eigenvalue weighted by Crippen LogP contribution is 2.24. The van der Waals surface area contributed by atoms with Crippen LogP contribution in [0, 0.1) is 5.92 Å². The van der Waals surface area contributed by atoms with E-state index in [0.29, 0.717) is 12.8 Å². The van der Waals surface area contributed by atoms with Crippen molar-refractivity contribution in [1.82, 2.24) is 15.6 Å². The molecule has 0 spiro atoms. The molecular weight excluding hydrogens is 468 g/mol. The molecule has 0 saturated carbocycles. The van der Waals surface area contributed by atoms with Gasteiger partial charge < -0.3 is 15.4 Å². The molecule has 1 unspecified atom stereocenters. The Morgan fingerprint density at radius 2 is 1.85 bits per heavy atom. The minimum Gasteiger partial charge on any atom is -0.453 e. The molecule has 2 rings (SSSR count). The van der Waals surface area contributed by atoms with Crippen molar-refractivity contribution in [3.8, 4) is 0 Å².